The van der Waals surface area contributed by atoms with Crippen LogP contribution in [0.15, 0.2) is 42.5 Å². The Hall–Kier alpha value is -1.51. The van der Waals surface area contributed by atoms with Gasteiger partial charge in [0.25, 0.3) is 0 Å². The molecule has 0 aliphatic heterocycles. The summed E-state index contributed by atoms with van der Waals surface area (Å²) in [6.45, 7) is 7.61. The van der Waals surface area contributed by atoms with Crippen molar-refractivity contribution < 1.29 is 0 Å². The van der Waals surface area contributed by atoms with Gasteiger partial charge in [0.05, 0.1) is 0 Å². The lowest BCUT2D eigenvalue weighted by molar-refractivity contribution is 0.457. The molecule has 3 aromatic rings. The standard InChI is InChI=1S/C19H24N2.ClH/c1-4-13(3)19(20)14-10-11-18-16(12-14)15-8-6-7-9-17(15)21(18)5-2;/h6-13,19H,4-5,20H2,1-3H3;1H/t13?,19-;/m0./s1. The van der Waals surface area contributed by atoms with Crippen molar-refractivity contribution in [3.05, 3.63) is 48.0 Å². The van der Waals surface area contributed by atoms with Crippen molar-refractivity contribution in [1.29, 1.82) is 0 Å². The van der Waals surface area contributed by atoms with E-state index in [-0.39, 0.29) is 18.4 Å². The van der Waals surface area contributed by atoms with Gasteiger partial charge in [-0.05, 0) is 36.6 Å². The van der Waals surface area contributed by atoms with E-state index in [0.29, 0.717) is 5.92 Å². The number of nitrogens with zero attached hydrogens (tertiary/aromatic N) is 1. The molecule has 0 saturated heterocycles. The molecule has 2 aromatic carbocycles. The lowest BCUT2D eigenvalue weighted by atomic mass is 9.92. The Balaban J connectivity index is 0.00000176. The van der Waals surface area contributed by atoms with E-state index in [1.54, 1.807) is 0 Å². The molecule has 0 saturated carbocycles. The molecule has 22 heavy (non-hydrogen) atoms. The minimum absolute atomic E-state index is 0. The first-order valence-corrected chi connectivity index (χ1v) is 7.93. The second-order valence-corrected chi connectivity index (χ2v) is 5.95. The van der Waals surface area contributed by atoms with Crippen molar-refractivity contribution in [2.75, 3.05) is 0 Å². The average Bonchev–Trinajstić information content (AvgIpc) is 2.86. The molecule has 0 aliphatic rings. The van der Waals surface area contributed by atoms with E-state index >= 15 is 0 Å². The van der Waals surface area contributed by atoms with E-state index in [2.05, 4.69) is 67.8 Å². The lowest BCUT2D eigenvalue weighted by Crippen LogP contribution is -2.18. The molecule has 118 valence electrons. The van der Waals surface area contributed by atoms with Crippen molar-refractivity contribution in [3.8, 4) is 0 Å². The van der Waals surface area contributed by atoms with Crippen LogP contribution in [0.25, 0.3) is 21.8 Å². The number of nitrogens with two attached hydrogens (primary N) is 1. The average molecular weight is 317 g/mol. The van der Waals surface area contributed by atoms with E-state index in [1.165, 1.54) is 27.4 Å². The van der Waals surface area contributed by atoms with Crippen LogP contribution in [0, 0.1) is 5.92 Å². The van der Waals surface area contributed by atoms with Gasteiger partial charge in [-0.1, -0.05) is 44.5 Å². The smallest absolute Gasteiger partial charge is 0.0491 e. The molecule has 3 rings (SSSR count). The Morgan fingerprint density at radius 1 is 1.00 bits per heavy atom. The highest BCUT2D eigenvalue weighted by Gasteiger charge is 2.15. The third-order valence-corrected chi connectivity index (χ3v) is 4.75. The van der Waals surface area contributed by atoms with E-state index < -0.39 is 0 Å². The molecule has 0 spiro atoms. The minimum Gasteiger partial charge on any atom is -0.341 e. The van der Waals surface area contributed by atoms with Crippen LogP contribution in [0.2, 0.25) is 0 Å². The van der Waals surface area contributed by atoms with Gasteiger partial charge in [-0.2, -0.15) is 0 Å². The summed E-state index contributed by atoms with van der Waals surface area (Å²) >= 11 is 0. The number of fused-ring (bicyclic) bond motifs is 3. The Morgan fingerprint density at radius 2 is 1.68 bits per heavy atom. The van der Waals surface area contributed by atoms with Crippen LogP contribution < -0.4 is 5.73 Å². The molecule has 0 aliphatic carbocycles. The van der Waals surface area contributed by atoms with E-state index in [4.69, 9.17) is 5.73 Å². The maximum atomic E-state index is 6.42. The molecule has 2 N–H and O–H groups in total. The monoisotopic (exact) mass is 316 g/mol. The quantitative estimate of drug-likeness (QED) is 0.697. The molecule has 0 bridgehead atoms. The first-order valence-electron chi connectivity index (χ1n) is 7.93. The third kappa shape index (κ3) is 2.62. The maximum Gasteiger partial charge on any atom is 0.0491 e. The van der Waals surface area contributed by atoms with Gasteiger partial charge in [-0.25, -0.2) is 0 Å². The van der Waals surface area contributed by atoms with Gasteiger partial charge < -0.3 is 10.3 Å². The fourth-order valence-corrected chi connectivity index (χ4v) is 3.20. The Morgan fingerprint density at radius 3 is 2.36 bits per heavy atom. The molecule has 1 aromatic heterocycles. The van der Waals surface area contributed by atoms with Crippen molar-refractivity contribution in [2.45, 2.75) is 39.8 Å². The van der Waals surface area contributed by atoms with Gasteiger partial charge in [-0.15, -0.1) is 12.4 Å². The molecule has 0 amide bonds. The zero-order valence-electron chi connectivity index (χ0n) is 13.5. The summed E-state index contributed by atoms with van der Waals surface area (Å²) < 4.78 is 2.38. The summed E-state index contributed by atoms with van der Waals surface area (Å²) in [5.74, 6) is 0.502. The first-order chi connectivity index (χ1) is 10.2. The number of rotatable bonds is 4. The Kier molecular flexibility index (Phi) is 5.15. The first kappa shape index (κ1) is 16.9. The third-order valence-electron chi connectivity index (χ3n) is 4.75. The van der Waals surface area contributed by atoms with Gasteiger partial charge in [0, 0.05) is 34.4 Å². The highest BCUT2D eigenvalue weighted by atomic mass is 35.5. The minimum atomic E-state index is 0. The highest BCUT2D eigenvalue weighted by molar-refractivity contribution is 6.08. The summed E-state index contributed by atoms with van der Waals surface area (Å²) in [6.07, 6.45) is 1.11. The van der Waals surface area contributed by atoms with Crippen LogP contribution in [0.5, 0.6) is 0 Å². The maximum absolute atomic E-state index is 6.42. The molecule has 3 heteroatoms. The molecule has 2 atom stereocenters. The second kappa shape index (κ2) is 6.72. The molecule has 2 nitrogen and oxygen atoms in total. The zero-order chi connectivity index (χ0) is 15.0. The fraction of sp³-hybridized carbons (Fsp3) is 0.368. The summed E-state index contributed by atoms with van der Waals surface area (Å²) in [5.41, 5.74) is 10.3. The SMILES string of the molecule is CCC(C)[C@H](N)c1ccc2c(c1)c1ccccc1n2CC.Cl. The van der Waals surface area contributed by atoms with E-state index in [1.807, 2.05) is 0 Å². The Labute approximate surface area is 138 Å². The predicted molar refractivity (Wildman–Crippen MR) is 98.7 cm³/mol. The second-order valence-electron chi connectivity index (χ2n) is 5.95. The molecule has 0 radical (unpaired) electrons. The molecule has 1 unspecified atom stereocenters. The van der Waals surface area contributed by atoms with Gasteiger partial charge in [-0.3, -0.25) is 0 Å². The molecule has 1 heterocycles. The van der Waals surface area contributed by atoms with Crippen molar-refractivity contribution in [1.82, 2.24) is 4.57 Å². The van der Waals surface area contributed by atoms with Gasteiger partial charge in [0.1, 0.15) is 0 Å². The molecular formula is C19H25ClN2. The number of aryl methyl sites for hydroxylation is 1. The van der Waals surface area contributed by atoms with Gasteiger partial charge in [0.2, 0.25) is 0 Å². The zero-order valence-corrected chi connectivity index (χ0v) is 14.4. The number of halogens is 1. The van der Waals surface area contributed by atoms with Crippen molar-refractivity contribution >= 4 is 34.2 Å². The number of hydrogen-bond acceptors (Lipinski definition) is 1. The highest BCUT2D eigenvalue weighted by Crippen LogP contribution is 2.32. The predicted octanol–water partition coefficient (Wildman–Crippen LogP) is 5.28. The van der Waals surface area contributed by atoms with Crippen LogP contribution in [-0.4, -0.2) is 4.57 Å². The number of para-hydroxylation sites is 1. The summed E-state index contributed by atoms with van der Waals surface area (Å²) in [4.78, 5) is 0. The molecular weight excluding hydrogens is 292 g/mol. The Bertz CT molecular complexity index is 776. The van der Waals surface area contributed by atoms with Crippen LogP contribution in [0.4, 0.5) is 0 Å². The number of aromatic nitrogens is 1. The largest absolute Gasteiger partial charge is 0.341 e. The lowest BCUT2D eigenvalue weighted by Gasteiger charge is -2.19. The topological polar surface area (TPSA) is 30.9 Å². The van der Waals surface area contributed by atoms with E-state index in [0.717, 1.165) is 13.0 Å². The summed E-state index contributed by atoms with van der Waals surface area (Å²) in [6, 6.07) is 15.5. The van der Waals surface area contributed by atoms with Crippen LogP contribution >= 0.6 is 12.4 Å². The summed E-state index contributed by atoms with van der Waals surface area (Å²) in [5, 5.41) is 2.65. The number of benzene rings is 2. The normalized spacial score (nSPS) is 14.0. The van der Waals surface area contributed by atoms with Crippen molar-refractivity contribution in [2.24, 2.45) is 11.7 Å². The number of hydrogen-bond donors (Lipinski definition) is 1. The van der Waals surface area contributed by atoms with Crippen molar-refractivity contribution in [3.63, 3.8) is 0 Å². The van der Waals surface area contributed by atoms with Gasteiger partial charge >= 0.3 is 0 Å². The van der Waals surface area contributed by atoms with Crippen LogP contribution in [-0.2, 0) is 6.54 Å². The van der Waals surface area contributed by atoms with Gasteiger partial charge in [0.15, 0.2) is 0 Å². The van der Waals surface area contributed by atoms with E-state index in [9.17, 15) is 0 Å². The molecule has 0 fully saturated rings. The fourth-order valence-electron chi connectivity index (χ4n) is 3.20. The van der Waals surface area contributed by atoms with Crippen LogP contribution in [0.3, 0.4) is 0 Å². The van der Waals surface area contributed by atoms with Crippen LogP contribution in [0.1, 0.15) is 38.8 Å². The summed E-state index contributed by atoms with van der Waals surface area (Å²) in [7, 11) is 0.